The molecular weight excluding hydrogens is 344 g/mol. The fourth-order valence-electron chi connectivity index (χ4n) is 3.05. The molecule has 3 rings (SSSR count). The average Bonchev–Trinajstić information content (AvgIpc) is 2.69. The maximum Gasteiger partial charge on any atom is 0.219 e. The lowest BCUT2D eigenvalue weighted by Gasteiger charge is -2.34. The molecular formula is C19H24N6O2. The number of anilines is 2. The smallest absolute Gasteiger partial charge is 0.219 e. The van der Waals surface area contributed by atoms with E-state index >= 15 is 0 Å². The first-order valence-electron chi connectivity index (χ1n) is 8.93. The monoisotopic (exact) mass is 368 g/mol. The molecule has 0 aliphatic carbocycles. The highest BCUT2D eigenvalue weighted by atomic mass is 16.5. The van der Waals surface area contributed by atoms with Crippen LogP contribution in [-0.2, 0) is 4.79 Å². The molecule has 27 heavy (non-hydrogen) atoms. The number of carbonyl (C=O) groups is 1. The first kappa shape index (κ1) is 18.6. The molecule has 1 aromatic heterocycles. The van der Waals surface area contributed by atoms with Crippen molar-refractivity contribution in [3.05, 3.63) is 41.9 Å². The second-order valence-corrected chi connectivity index (χ2v) is 6.31. The number of carbonyl (C=O) groups excluding carboxylic acids is 1. The maximum absolute atomic E-state index is 11.5. The molecule has 0 saturated carbocycles. The van der Waals surface area contributed by atoms with Crippen LogP contribution in [0.5, 0.6) is 5.75 Å². The van der Waals surface area contributed by atoms with Gasteiger partial charge >= 0.3 is 0 Å². The summed E-state index contributed by atoms with van der Waals surface area (Å²) >= 11 is 0. The van der Waals surface area contributed by atoms with Crippen LogP contribution < -0.4 is 15.4 Å². The number of nitrogens with one attached hydrogen (secondary N) is 1. The minimum Gasteiger partial charge on any atom is -0.494 e. The van der Waals surface area contributed by atoms with E-state index in [1.165, 1.54) is 6.33 Å². The summed E-state index contributed by atoms with van der Waals surface area (Å²) in [6, 6.07) is 7.07. The fraction of sp³-hybridized carbons (Fsp3) is 0.368. The number of nitrogens with zero attached hydrogens (tertiary/aromatic N) is 4. The van der Waals surface area contributed by atoms with Gasteiger partial charge in [-0.05, 0) is 25.1 Å². The van der Waals surface area contributed by atoms with E-state index in [0.717, 1.165) is 5.82 Å². The van der Waals surface area contributed by atoms with Gasteiger partial charge in [0.15, 0.2) is 0 Å². The molecule has 0 radical (unpaired) electrons. The Morgan fingerprint density at radius 3 is 2.63 bits per heavy atom. The Hall–Kier alpha value is -3.16. The molecule has 0 bridgehead atoms. The summed E-state index contributed by atoms with van der Waals surface area (Å²) in [4.78, 5) is 24.0. The third-order valence-electron chi connectivity index (χ3n) is 4.56. The van der Waals surface area contributed by atoms with Crippen molar-refractivity contribution in [3.8, 4) is 5.75 Å². The van der Waals surface area contributed by atoms with Gasteiger partial charge in [0.05, 0.1) is 18.0 Å². The number of rotatable bonds is 5. The van der Waals surface area contributed by atoms with E-state index in [9.17, 15) is 4.79 Å². The Morgan fingerprint density at radius 1 is 1.22 bits per heavy atom. The number of aromatic nitrogens is 2. The van der Waals surface area contributed by atoms with Crippen LogP contribution in [0.15, 0.2) is 30.6 Å². The Labute approximate surface area is 158 Å². The van der Waals surface area contributed by atoms with E-state index in [-0.39, 0.29) is 11.6 Å². The number of piperazine rings is 1. The molecule has 2 heterocycles. The summed E-state index contributed by atoms with van der Waals surface area (Å²) < 4.78 is 5.51. The second kappa shape index (κ2) is 8.03. The van der Waals surface area contributed by atoms with Crippen molar-refractivity contribution in [2.45, 2.75) is 13.8 Å². The molecule has 3 N–H and O–H groups in total. The summed E-state index contributed by atoms with van der Waals surface area (Å²) in [6.07, 6.45) is 1.46. The van der Waals surface area contributed by atoms with Gasteiger partial charge in [0, 0.05) is 50.4 Å². The Kier molecular flexibility index (Phi) is 5.54. The van der Waals surface area contributed by atoms with Gasteiger partial charge in [0.25, 0.3) is 0 Å². The Balaban J connectivity index is 1.81. The normalized spacial score (nSPS) is 14.1. The lowest BCUT2D eigenvalue weighted by Crippen LogP contribution is -2.48. The van der Waals surface area contributed by atoms with Crippen LogP contribution in [0.3, 0.4) is 0 Å². The van der Waals surface area contributed by atoms with E-state index < -0.39 is 0 Å². The van der Waals surface area contributed by atoms with Gasteiger partial charge in [-0.1, -0.05) is 0 Å². The number of benzene rings is 1. The summed E-state index contributed by atoms with van der Waals surface area (Å²) in [7, 11) is 0. The SMILES string of the molecule is CCOc1ccc(N)c(C(=N)c2cc(N3CCN(C(C)=O)CC3)ncn2)c1. The summed E-state index contributed by atoms with van der Waals surface area (Å²) in [5.41, 5.74) is 7.85. The topological polar surface area (TPSA) is 108 Å². The standard InChI is InChI=1S/C19H24N6O2/c1-3-27-14-4-5-16(20)15(10-14)19(21)17-11-18(23-12-22-17)25-8-6-24(7-9-25)13(2)26/h4-5,10-12,21H,3,6-9,20H2,1-2H3. The third kappa shape index (κ3) is 4.16. The van der Waals surface area contributed by atoms with Crippen LogP contribution in [0.25, 0.3) is 0 Å². The maximum atomic E-state index is 11.5. The molecule has 1 aliphatic heterocycles. The number of hydrogen-bond donors (Lipinski definition) is 2. The highest BCUT2D eigenvalue weighted by Gasteiger charge is 2.21. The summed E-state index contributed by atoms with van der Waals surface area (Å²) in [6.45, 7) is 6.76. The number of nitrogen functional groups attached to an aromatic ring is 1. The minimum atomic E-state index is 0.0875. The van der Waals surface area contributed by atoms with Crippen LogP contribution in [0.2, 0.25) is 0 Å². The number of amides is 1. The zero-order valence-corrected chi connectivity index (χ0v) is 15.6. The number of ether oxygens (including phenoxy) is 1. The highest BCUT2D eigenvalue weighted by Crippen LogP contribution is 2.23. The van der Waals surface area contributed by atoms with Gasteiger partial charge in [-0.15, -0.1) is 0 Å². The fourth-order valence-corrected chi connectivity index (χ4v) is 3.05. The van der Waals surface area contributed by atoms with Crippen molar-refractivity contribution in [1.82, 2.24) is 14.9 Å². The summed E-state index contributed by atoms with van der Waals surface area (Å²) in [5, 5.41) is 8.54. The van der Waals surface area contributed by atoms with Gasteiger partial charge in [-0.25, -0.2) is 9.97 Å². The molecule has 1 aliphatic rings. The first-order valence-corrected chi connectivity index (χ1v) is 8.93. The van der Waals surface area contributed by atoms with Gasteiger partial charge in [0.1, 0.15) is 17.9 Å². The predicted octanol–water partition coefficient (Wildman–Crippen LogP) is 1.54. The molecule has 1 amide bonds. The molecule has 1 saturated heterocycles. The second-order valence-electron chi connectivity index (χ2n) is 6.31. The van der Waals surface area contributed by atoms with E-state index in [1.54, 1.807) is 31.2 Å². The highest BCUT2D eigenvalue weighted by molar-refractivity contribution is 6.13. The van der Waals surface area contributed by atoms with Crippen molar-refractivity contribution in [2.24, 2.45) is 0 Å². The van der Waals surface area contributed by atoms with E-state index in [1.807, 2.05) is 11.8 Å². The van der Waals surface area contributed by atoms with Crippen LogP contribution in [0.4, 0.5) is 11.5 Å². The lowest BCUT2D eigenvalue weighted by atomic mass is 10.0. The largest absolute Gasteiger partial charge is 0.494 e. The lowest BCUT2D eigenvalue weighted by molar-refractivity contribution is -0.129. The molecule has 8 nitrogen and oxygen atoms in total. The van der Waals surface area contributed by atoms with E-state index in [0.29, 0.717) is 55.5 Å². The molecule has 1 aromatic carbocycles. The quantitative estimate of drug-likeness (QED) is 0.612. The predicted molar refractivity (Wildman–Crippen MR) is 104 cm³/mol. The summed E-state index contributed by atoms with van der Waals surface area (Å²) in [5.74, 6) is 1.50. The molecule has 0 spiro atoms. The van der Waals surface area contributed by atoms with Gasteiger partial charge in [-0.2, -0.15) is 0 Å². The van der Waals surface area contributed by atoms with Crippen LogP contribution >= 0.6 is 0 Å². The average molecular weight is 368 g/mol. The zero-order valence-electron chi connectivity index (χ0n) is 15.6. The van der Waals surface area contributed by atoms with Gasteiger partial charge in [0.2, 0.25) is 5.91 Å². The number of nitrogens with two attached hydrogens (primary N) is 1. The molecule has 0 unspecified atom stereocenters. The Bertz CT molecular complexity index is 846. The van der Waals surface area contributed by atoms with Gasteiger partial charge < -0.3 is 20.3 Å². The minimum absolute atomic E-state index is 0.0875. The first-order chi connectivity index (χ1) is 13.0. The van der Waals surface area contributed by atoms with Crippen molar-refractivity contribution < 1.29 is 9.53 Å². The molecule has 142 valence electrons. The van der Waals surface area contributed by atoms with Gasteiger partial charge in [-0.3, -0.25) is 10.2 Å². The van der Waals surface area contributed by atoms with Crippen LogP contribution in [0.1, 0.15) is 25.1 Å². The zero-order chi connectivity index (χ0) is 19.4. The van der Waals surface area contributed by atoms with E-state index in [2.05, 4.69) is 14.9 Å². The van der Waals surface area contributed by atoms with Crippen LogP contribution in [0, 0.1) is 5.41 Å². The molecule has 2 aromatic rings. The van der Waals surface area contributed by atoms with Crippen molar-refractivity contribution in [1.29, 1.82) is 5.41 Å². The van der Waals surface area contributed by atoms with Crippen molar-refractivity contribution >= 4 is 23.1 Å². The van der Waals surface area contributed by atoms with E-state index in [4.69, 9.17) is 15.9 Å². The van der Waals surface area contributed by atoms with Crippen molar-refractivity contribution in [3.63, 3.8) is 0 Å². The van der Waals surface area contributed by atoms with Crippen molar-refractivity contribution in [2.75, 3.05) is 43.4 Å². The molecule has 1 fully saturated rings. The Morgan fingerprint density at radius 2 is 1.96 bits per heavy atom. The third-order valence-corrected chi connectivity index (χ3v) is 4.56. The molecule has 0 atom stereocenters. The molecule has 8 heteroatoms. The van der Waals surface area contributed by atoms with Crippen LogP contribution in [-0.4, -0.2) is 59.3 Å². The number of hydrogen-bond acceptors (Lipinski definition) is 7.